The SMILES string of the molecule is CN(CC1COC(C)(C)O1)C(=O)C1CC(C)(C)NC1(C)C. The van der Waals surface area contributed by atoms with E-state index in [2.05, 4.69) is 33.0 Å². The Morgan fingerprint density at radius 1 is 1.24 bits per heavy atom. The Kier molecular flexibility index (Phi) is 4.15. The van der Waals surface area contributed by atoms with E-state index in [0.29, 0.717) is 13.2 Å². The summed E-state index contributed by atoms with van der Waals surface area (Å²) in [5.74, 6) is -0.357. The summed E-state index contributed by atoms with van der Waals surface area (Å²) in [6, 6.07) is 0. The first-order valence-electron chi connectivity index (χ1n) is 7.78. The highest BCUT2D eigenvalue weighted by Gasteiger charge is 2.48. The third kappa shape index (κ3) is 3.76. The van der Waals surface area contributed by atoms with Gasteiger partial charge in [0.05, 0.1) is 12.5 Å². The maximum Gasteiger partial charge on any atom is 0.227 e. The van der Waals surface area contributed by atoms with Crippen molar-refractivity contribution in [3.63, 3.8) is 0 Å². The number of hydrogen-bond donors (Lipinski definition) is 1. The van der Waals surface area contributed by atoms with Crippen LogP contribution in [0.1, 0.15) is 48.0 Å². The van der Waals surface area contributed by atoms with E-state index in [-0.39, 0.29) is 29.0 Å². The monoisotopic (exact) mass is 298 g/mol. The third-order valence-corrected chi connectivity index (χ3v) is 4.47. The highest BCUT2D eigenvalue weighted by Crippen LogP contribution is 2.37. The molecule has 5 nitrogen and oxygen atoms in total. The Labute approximate surface area is 128 Å². The number of nitrogens with zero attached hydrogens (tertiary/aromatic N) is 1. The summed E-state index contributed by atoms with van der Waals surface area (Å²) in [4.78, 5) is 14.6. The van der Waals surface area contributed by atoms with Gasteiger partial charge < -0.3 is 19.7 Å². The van der Waals surface area contributed by atoms with Crippen molar-refractivity contribution >= 4 is 5.91 Å². The Hall–Kier alpha value is -0.650. The fourth-order valence-electron chi connectivity index (χ4n) is 3.69. The molecule has 5 heteroatoms. The molecule has 122 valence electrons. The van der Waals surface area contributed by atoms with Gasteiger partial charge >= 0.3 is 0 Å². The van der Waals surface area contributed by atoms with Crippen LogP contribution in [-0.4, -0.2) is 54.0 Å². The van der Waals surface area contributed by atoms with E-state index in [1.807, 2.05) is 20.9 Å². The Morgan fingerprint density at radius 2 is 1.86 bits per heavy atom. The quantitative estimate of drug-likeness (QED) is 0.862. The molecule has 0 aromatic heterocycles. The summed E-state index contributed by atoms with van der Waals surface area (Å²) in [7, 11) is 1.86. The van der Waals surface area contributed by atoms with E-state index in [0.717, 1.165) is 6.42 Å². The van der Waals surface area contributed by atoms with Gasteiger partial charge in [0.2, 0.25) is 5.91 Å². The Morgan fingerprint density at radius 3 is 2.29 bits per heavy atom. The van der Waals surface area contributed by atoms with E-state index in [1.54, 1.807) is 4.90 Å². The number of carbonyl (C=O) groups is 1. The smallest absolute Gasteiger partial charge is 0.227 e. The van der Waals surface area contributed by atoms with Crippen molar-refractivity contribution in [3.8, 4) is 0 Å². The van der Waals surface area contributed by atoms with Crippen molar-refractivity contribution in [3.05, 3.63) is 0 Å². The summed E-state index contributed by atoms with van der Waals surface area (Å²) in [5.41, 5.74) is -0.180. The zero-order chi connectivity index (χ0) is 16.1. The summed E-state index contributed by atoms with van der Waals surface area (Å²) < 4.78 is 11.4. The Bertz CT molecular complexity index is 418. The molecule has 2 unspecified atom stereocenters. The molecule has 0 spiro atoms. The lowest BCUT2D eigenvalue weighted by atomic mass is 9.86. The molecule has 0 aromatic carbocycles. The average molecular weight is 298 g/mol. The van der Waals surface area contributed by atoms with E-state index in [9.17, 15) is 4.79 Å². The minimum Gasteiger partial charge on any atom is -0.348 e. The predicted molar refractivity (Wildman–Crippen MR) is 81.9 cm³/mol. The standard InChI is InChI=1S/C16H30N2O3/c1-14(2)8-12(15(3,4)17-14)13(19)18(7)9-11-10-20-16(5,6)21-11/h11-12,17H,8-10H2,1-7H3. The van der Waals surface area contributed by atoms with Gasteiger partial charge in [-0.25, -0.2) is 0 Å². The summed E-state index contributed by atoms with van der Waals surface area (Å²) in [5, 5.41) is 3.56. The number of likely N-dealkylation sites (N-methyl/N-ethyl adjacent to an activating group) is 1. The molecule has 0 aliphatic carbocycles. The molecule has 2 aliphatic heterocycles. The van der Waals surface area contributed by atoms with Crippen LogP contribution >= 0.6 is 0 Å². The van der Waals surface area contributed by atoms with Crippen molar-refractivity contribution in [1.82, 2.24) is 10.2 Å². The van der Waals surface area contributed by atoms with Crippen LogP contribution in [-0.2, 0) is 14.3 Å². The molecule has 0 bridgehead atoms. The van der Waals surface area contributed by atoms with Crippen molar-refractivity contribution in [1.29, 1.82) is 0 Å². The third-order valence-electron chi connectivity index (χ3n) is 4.47. The molecule has 2 saturated heterocycles. The van der Waals surface area contributed by atoms with Crippen molar-refractivity contribution in [2.24, 2.45) is 5.92 Å². The molecule has 0 radical (unpaired) electrons. The molecule has 1 N–H and O–H groups in total. The molecule has 1 amide bonds. The van der Waals surface area contributed by atoms with E-state index in [4.69, 9.17) is 9.47 Å². The number of nitrogens with one attached hydrogen (secondary N) is 1. The van der Waals surface area contributed by atoms with Crippen LogP contribution in [0.15, 0.2) is 0 Å². The molecule has 2 heterocycles. The van der Waals surface area contributed by atoms with Crippen LogP contribution in [0.3, 0.4) is 0 Å². The molecule has 0 aromatic rings. The normalized spacial score (nSPS) is 33.1. The highest BCUT2D eigenvalue weighted by molar-refractivity contribution is 5.80. The first kappa shape index (κ1) is 16.7. The van der Waals surface area contributed by atoms with Gasteiger partial charge in [0.1, 0.15) is 6.10 Å². The fraction of sp³-hybridized carbons (Fsp3) is 0.938. The molecule has 21 heavy (non-hydrogen) atoms. The highest BCUT2D eigenvalue weighted by atomic mass is 16.7. The largest absolute Gasteiger partial charge is 0.348 e. The molecule has 2 rings (SSSR count). The van der Waals surface area contributed by atoms with Crippen LogP contribution in [0.2, 0.25) is 0 Å². The maximum atomic E-state index is 12.8. The van der Waals surface area contributed by atoms with Gasteiger partial charge in [0.15, 0.2) is 5.79 Å². The molecule has 2 atom stereocenters. The number of ether oxygens (including phenoxy) is 2. The van der Waals surface area contributed by atoms with Gasteiger partial charge in [-0.3, -0.25) is 4.79 Å². The first-order valence-corrected chi connectivity index (χ1v) is 7.78. The van der Waals surface area contributed by atoms with E-state index in [1.165, 1.54) is 0 Å². The van der Waals surface area contributed by atoms with Gasteiger partial charge in [-0.15, -0.1) is 0 Å². The van der Waals surface area contributed by atoms with Crippen molar-refractivity contribution in [2.75, 3.05) is 20.2 Å². The number of amides is 1. The number of rotatable bonds is 3. The average Bonchev–Trinajstić information content (AvgIpc) is 2.73. The number of carbonyl (C=O) groups excluding carboxylic acids is 1. The second-order valence-corrected chi connectivity index (χ2v) is 8.16. The van der Waals surface area contributed by atoms with Crippen molar-refractivity contribution < 1.29 is 14.3 Å². The van der Waals surface area contributed by atoms with E-state index < -0.39 is 5.79 Å². The zero-order valence-corrected chi connectivity index (χ0v) is 14.4. The van der Waals surface area contributed by atoms with Crippen LogP contribution in [0.4, 0.5) is 0 Å². The first-order chi connectivity index (χ1) is 9.42. The molecular formula is C16H30N2O3. The van der Waals surface area contributed by atoms with Gasteiger partial charge in [-0.2, -0.15) is 0 Å². The molecule has 2 aliphatic rings. The Balaban J connectivity index is 1.97. The lowest BCUT2D eigenvalue weighted by Crippen LogP contribution is -2.49. The summed E-state index contributed by atoms with van der Waals surface area (Å²) in [6.45, 7) is 13.4. The second kappa shape index (κ2) is 5.21. The van der Waals surface area contributed by atoms with Crippen LogP contribution in [0, 0.1) is 5.92 Å². The van der Waals surface area contributed by atoms with Crippen molar-refractivity contribution in [2.45, 2.75) is 70.9 Å². The minimum absolute atomic E-state index is 0.000370. The fourth-order valence-corrected chi connectivity index (χ4v) is 3.69. The maximum absolute atomic E-state index is 12.8. The van der Waals surface area contributed by atoms with Crippen LogP contribution < -0.4 is 5.32 Å². The lowest BCUT2D eigenvalue weighted by molar-refractivity contribution is -0.147. The van der Waals surface area contributed by atoms with E-state index >= 15 is 0 Å². The topological polar surface area (TPSA) is 50.8 Å². The summed E-state index contributed by atoms with van der Waals surface area (Å²) >= 11 is 0. The van der Waals surface area contributed by atoms with Gasteiger partial charge in [-0.1, -0.05) is 0 Å². The van der Waals surface area contributed by atoms with Crippen LogP contribution in [0.5, 0.6) is 0 Å². The van der Waals surface area contributed by atoms with Gasteiger partial charge in [-0.05, 0) is 48.0 Å². The number of hydrogen-bond acceptors (Lipinski definition) is 4. The lowest BCUT2D eigenvalue weighted by Gasteiger charge is -2.31. The van der Waals surface area contributed by atoms with Crippen LogP contribution in [0.25, 0.3) is 0 Å². The predicted octanol–water partition coefficient (Wildman–Crippen LogP) is 1.76. The molecule has 2 fully saturated rings. The van der Waals surface area contributed by atoms with Gasteiger partial charge in [0.25, 0.3) is 0 Å². The van der Waals surface area contributed by atoms with Gasteiger partial charge in [0, 0.05) is 24.7 Å². The summed E-state index contributed by atoms with van der Waals surface area (Å²) in [6.07, 6.45) is 0.816. The molecule has 0 saturated carbocycles. The zero-order valence-electron chi connectivity index (χ0n) is 14.4. The minimum atomic E-state index is -0.537. The molecular weight excluding hydrogens is 268 g/mol. The second-order valence-electron chi connectivity index (χ2n) is 8.16.